The highest BCUT2D eigenvalue weighted by atomic mass is 32.2. The van der Waals surface area contributed by atoms with Crippen LogP contribution in [0, 0.1) is 6.92 Å². The van der Waals surface area contributed by atoms with Gasteiger partial charge >= 0.3 is 5.97 Å². The van der Waals surface area contributed by atoms with Gasteiger partial charge in [-0.15, -0.1) is 4.33 Å². The van der Waals surface area contributed by atoms with Crippen molar-refractivity contribution in [2.24, 2.45) is 0 Å². The van der Waals surface area contributed by atoms with Crippen LogP contribution in [0.4, 0.5) is 5.69 Å². The maximum Gasteiger partial charge on any atom is 0.335 e. The minimum absolute atomic E-state index is 0.161. The highest BCUT2D eigenvalue weighted by molar-refractivity contribution is 7.94. The predicted molar refractivity (Wildman–Crippen MR) is 258 cm³/mol. The molecule has 3 N–H and O–H groups in total. The molecule has 0 unspecified atom stereocenters. The Balaban J connectivity index is 1.24. The average Bonchev–Trinajstić information content (AvgIpc) is 3.71. The second-order valence-electron chi connectivity index (χ2n) is 19.2. The van der Waals surface area contributed by atoms with E-state index < -0.39 is 21.5 Å². The summed E-state index contributed by atoms with van der Waals surface area (Å²) in [7, 11) is -4.45. The molecule has 0 amide bonds. The lowest BCUT2D eigenvalue weighted by molar-refractivity contribution is -0.432. The van der Waals surface area contributed by atoms with Crippen LogP contribution in [-0.4, -0.2) is 42.4 Å². The van der Waals surface area contributed by atoms with E-state index in [1.807, 2.05) is 30.3 Å². The molecule has 11 rings (SSSR count). The number of carbonyl (C=O) groups is 1. The molecule has 0 saturated carbocycles. The van der Waals surface area contributed by atoms with E-state index >= 15 is 0 Å². The number of carboxylic acids is 1. The number of anilines is 1. The maximum absolute atomic E-state index is 12.4. The van der Waals surface area contributed by atoms with Gasteiger partial charge in [-0.25, -0.2) is 14.6 Å². The number of ether oxygens (including phenoxy) is 1. The lowest BCUT2D eigenvalue weighted by atomic mass is 9.80. The molecule has 8 aromatic carbocycles. The lowest BCUT2D eigenvalue weighted by Crippen LogP contribution is -2.30. The molecule has 0 atom stereocenters. The van der Waals surface area contributed by atoms with Gasteiger partial charge in [-0.2, -0.15) is 8.42 Å². The number of benzene rings is 8. The van der Waals surface area contributed by atoms with Gasteiger partial charge in [-0.3, -0.25) is 4.55 Å². The summed E-state index contributed by atoms with van der Waals surface area (Å²) in [6.45, 7) is 13.6. The number of aromatic carboxylic acids is 1. The fourth-order valence-corrected chi connectivity index (χ4v) is 11.7. The molecule has 3 aliphatic rings. The molecular weight excluding hydrogens is 873 g/mol. The Hall–Kier alpha value is -6.32. The Morgan fingerprint density at radius 2 is 1.44 bits per heavy atom. The summed E-state index contributed by atoms with van der Waals surface area (Å²) in [4.78, 5) is 14.7. The minimum atomic E-state index is -4.45. The Labute approximate surface area is 384 Å². The van der Waals surface area contributed by atoms with Crippen LogP contribution in [0.3, 0.4) is 0 Å². The third kappa shape index (κ3) is 6.92. The minimum Gasteiger partial charge on any atom is -0.478 e. The number of nitrogens with zero attached hydrogens (tertiary/aromatic N) is 2. The number of rotatable bonds is 9. The van der Waals surface area contributed by atoms with Crippen LogP contribution in [-0.2, 0) is 43.4 Å². The van der Waals surface area contributed by atoms with Crippen LogP contribution >= 0.6 is 12.0 Å². The summed E-state index contributed by atoms with van der Waals surface area (Å²) in [6.07, 6.45) is 2.28. The number of carboxylic acid groups (broad SMARTS) is 1. The van der Waals surface area contributed by atoms with Crippen LogP contribution in [0.25, 0.3) is 49.2 Å². The van der Waals surface area contributed by atoms with Gasteiger partial charge in [0.2, 0.25) is 5.36 Å². The van der Waals surface area contributed by atoms with Crippen molar-refractivity contribution in [1.29, 1.82) is 0 Å². The Morgan fingerprint density at radius 1 is 0.773 bits per heavy atom. The Bertz CT molecular complexity index is 3680. The summed E-state index contributed by atoms with van der Waals surface area (Å²) < 4.78 is 49.8. The predicted octanol–water partition coefficient (Wildman–Crippen LogP) is 10.2. The zero-order chi connectivity index (χ0) is 46.0. The highest BCUT2D eigenvalue weighted by Gasteiger charge is 2.46. The van der Waals surface area contributed by atoms with Crippen LogP contribution in [0.1, 0.15) is 71.4 Å². The Kier molecular flexibility index (Phi) is 9.69. The quantitative estimate of drug-likeness (QED) is 0.0318. The van der Waals surface area contributed by atoms with Crippen molar-refractivity contribution < 1.29 is 42.2 Å². The molecular formula is C53H45N2O9S2+. The van der Waals surface area contributed by atoms with E-state index in [1.165, 1.54) is 17.2 Å². The first-order chi connectivity index (χ1) is 31.5. The third-order valence-electron chi connectivity index (χ3n) is 13.6. The van der Waals surface area contributed by atoms with Gasteiger partial charge in [-0.1, -0.05) is 73.0 Å². The van der Waals surface area contributed by atoms with Gasteiger partial charge in [0.05, 0.1) is 44.6 Å². The largest absolute Gasteiger partial charge is 0.478 e. The summed E-state index contributed by atoms with van der Waals surface area (Å²) in [5, 5.41) is 31.8. The number of hydrogen-bond acceptors (Lipinski definition) is 9. The molecule has 0 aromatic heterocycles. The summed E-state index contributed by atoms with van der Waals surface area (Å²) in [6, 6.07) is 34.9. The van der Waals surface area contributed by atoms with Gasteiger partial charge in [-0.05, 0) is 125 Å². The van der Waals surface area contributed by atoms with Gasteiger partial charge in [0.15, 0.2) is 13.1 Å². The van der Waals surface area contributed by atoms with Gasteiger partial charge in [0, 0.05) is 50.7 Å². The molecule has 0 bridgehead atoms. The summed E-state index contributed by atoms with van der Waals surface area (Å²) >= 11 is 0.904. The normalized spacial score (nSPS) is 15.7. The average molecular weight is 918 g/mol. The second kappa shape index (κ2) is 15.1. The van der Waals surface area contributed by atoms with E-state index in [0.717, 1.165) is 105 Å². The van der Waals surface area contributed by atoms with Crippen molar-refractivity contribution in [3.05, 3.63) is 159 Å². The molecule has 3 aliphatic heterocycles. The zero-order valence-electron chi connectivity index (χ0n) is 36.8. The first-order valence-corrected chi connectivity index (χ1v) is 23.8. The van der Waals surface area contributed by atoms with Crippen LogP contribution in [0.5, 0.6) is 11.5 Å². The SMILES string of the molecule is Cc1ccc(C[N+]2=c3c(c4c(c5cc6ccc(S(=O)(=O)O)cc6cc35)=Cc3c(c5c(c6cc7cc(SOOO)ccc7cc36)N(Cc3ccc(C(=O)O)cc3)CC5(C)C)O4)C(C)(C)C2)cc1. The standard InChI is InChI=1S/C53H44N2O9S2/c1-29-6-8-30(9-7-29)25-54-27-52(2,3)46-48(54)42-23-36-19-38(66(59,60)61)17-15-34(36)21-40(42)44-24-43-39-20-33-14-16-37(65-64-63-58)18-35(33)22-41(39)47-45(49(43)62-50(44)46)53(4,5)28-55(47)26-31-10-12-32(13-11-31)51(56)57/h6-24H,25-28H2,1-5H3,(H2-,56,57,58,59,60,61)/p+1. The molecule has 0 spiro atoms. The Morgan fingerprint density at radius 3 is 2.15 bits per heavy atom. The van der Waals surface area contributed by atoms with Crippen LogP contribution < -0.4 is 24.8 Å². The second-order valence-corrected chi connectivity index (χ2v) is 21.4. The molecule has 0 aliphatic carbocycles. The molecule has 13 heteroatoms. The van der Waals surface area contributed by atoms with Gasteiger partial charge in [0.1, 0.15) is 11.5 Å². The van der Waals surface area contributed by atoms with Crippen molar-refractivity contribution in [2.75, 3.05) is 18.0 Å². The van der Waals surface area contributed by atoms with Gasteiger partial charge < -0.3 is 14.7 Å². The molecule has 332 valence electrons. The van der Waals surface area contributed by atoms with E-state index in [1.54, 1.807) is 24.3 Å². The topological polar surface area (TPSA) is 146 Å². The molecule has 66 heavy (non-hydrogen) atoms. The van der Waals surface area contributed by atoms with E-state index in [2.05, 4.69) is 104 Å². The van der Waals surface area contributed by atoms with Crippen molar-refractivity contribution in [3.63, 3.8) is 0 Å². The molecule has 8 aromatic rings. The van der Waals surface area contributed by atoms with Crippen LogP contribution in [0.2, 0.25) is 0 Å². The van der Waals surface area contributed by atoms with E-state index in [0.29, 0.717) is 31.6 Å². The molecule has 0 radical (unpaired) electrons. The molecule has 11 nitrogen and oxygen atoms in total. The summed E-state index contributed by atoms with van der Waals surface area (Å²) in [5.41, 5.74) is 6.92. The van der Waals surface area contributed by atoms with Crippen molar-refractivity contribution in [3.8, 4) is 11.5 Å². The van der Waals surface area contributed by atoms with E-state index in [9.17, 15) is 22.9 Å². The molecule has 3 heterocycles. The first-order valence-electron chi connectivity index (χ1n) is 21.7. The maximum atomic E-state index is 12.4. The smallest absolute Gasteiger partial charge is 0.335 e. The third-order valence-corrected chi connectivity index (χ3v) is 15.0. The number of aryl methyl sites for hydroxylation is 1. The number of hydrogen-bond donors (Lipinski definition) is 3. The lowest BCUT2D eigenvalue weighted by Gasteiger charge is -2.28. The fraction of sp³-hybridized carbons (Fsp3) is 0.208. The van der Waals surface area contributed by atoms with E-state index in [-0.39, 0.29) is 15.9 Å². The van der Waals surface area contributed by atoms with Crippen LogP contribution in [0.15, 0.2) is 119 Å². The van der Waals surface area contributed by atoms with Gasteiger partial charge in [0.25, 0.3) is 10.1 Å². The monoisotopic (exact) mass is 917 g/mol. The summed E-state index contributed by atoms with van der Waals surface area (Å²) in [5.74, 6) is 0.622. The molecule has 0 fully saturated rings. The molecule has 0 saturated heterocycles. The van der Waals surface area contributed by atoms with Crippen molar-refractivity contribution >= 4 is 83.0 Å². The number of fused-ring (bicyclic) bond motifs is 14. The van der Waals surface area contributed by atoms with Crippen molar-refractivity contribution in [2.45, 2.75) is 68.3 Å². The van der Waals surface area contributed by atoms with E-state index in [4.69, 9.17) is 14.3 Å². The highest BCUT2D eigenvalue weighted by Crippen LogP contribution is 2.55. The zero-order valence-corrected chi connectivity index (χ0v) is 38.4. The fourth-order valence-electron chi connectivity index (χ4n) is 10.7. The first kappa shape index (κ1) is 42.3. The van der Waals surface area contributed by atoms with Crippen molar-refractivity contribution in [1.82, 2.24) is 4.58 Å².